The number of ether oxygens (including phenoxy) is 4. The van der Waals surface area contributed by atoms with Crippen LogP contribution in [0.5, 0.6) is 11.5 Å². The molecule has 1 N–H and O–H groups in total. The molecular weight excluding hydrogens is 438 g/mol. The molecule has 34 heavy (non-hydrogen) atoms. The molecule has 8 heteroatoms. The number of esters is 2. The first-order chi connectivity index (χ1) is 16.6. The molecule has 0 saturated heterocycles. The van der Waals surface area contributed by atoms with Gasteiger partial charge < -0.3 is 24.3 Å². The minimum Gasteiger partial charge on any atom is -0.486 e. The molecule has 0 saturated carbocycles. The molecule has 0 unspecified atom stereocenters. The van der Waals surface area contributed by atoms with Crippen molar-refractivity contribution in [1.82, 2.24) is 0 Å². The molecule has 2 aliphatic heterocycles. The van der Waals surface area contributed by atoms with Crippen LogP contribution >= 0.6 is 0 Å². The van der Waals surface area contributed by atoms with Crippen molar-refractivity contribution in [2.45, 2.75) is 12.5 Å². The summed E-state index contributed by atoms with van der Waals surface area (Å²) in [5, 5.41) is 2.67. The largest absolute Gasteiger partial charge is 0.486 e. The molecule has 2 aliphatic rings. The summed E-state index contributed by atoms with van der Waals surface area (Å²) < 4.78 is 21.7. The number of carbonyl (C=O) groups is 3. The lowest BCUT2D eigenvalue weighted by Gasteiger charge is -2.25. The molecule has 0 aromatic heterocycles. The molecule has 0 fully saturated rings. The van der Waals surface area contributed by atoms with Crippen LogP contribution in [0.1, 0.15) is 37.9 Å². The van der Waals surface area contributed by atoms with Crippen LogP contribution in [0.4, 0.5) is 5.69 Å². The van der Waals surface area contributed by atoms with Gasteiger partial charge in [-0.05, 0) is 41.5 Å². The summed E-state index contributed by atoms with van der Waals surface area (Å²) in [6, 6.07) is 19.1. The van der Waals surface area contributed by atoms with Crippen molar-refractivity contribution in [3.8, 4) is 11.5 Å². The Kier molecular flexibility index (Phi) is 5.86. The van der Waals surface area contributed by atoms with Gasteiger partial charge in [-0.2, -0.15) is 0 Å². The highest BCUT2D eigenvalue weighted by atomic mass is 16.6. The molecule has 8 nitrogen and oxygen atoms in total. The molecule has 3 aromatic carbocycles. The number of cyclic esters (lactones) is 1. The lowest BCUT2D eigenvalue weighted by Crippen LogP contribution is -2.23. The van der Waals surface area contributed by atoms with E-state index in [2.05, 4.69) is 5.32 Å². The first kappa shape index (κ1) is 21.5. The van der Waals surface area contributed by atoms with Gasteiger partial charge >= 0.3 is 11.9 Å². The summed E-state index contributed by atoms with van der Waals surface area (Å²) in [4.78, 5) is 37.2. The molecule has 1 atom stereocenters. The number of fused-ring (bicyclic) bond motifs is 2. The van der Waals surface area contributed by atoms with Crippen LogP contribution in [0.2, 0.25) is 0 Å². The standard InChI is InChI=1S/C26H21NO7/c28-24(27-19-7-9-21-23(14-19)32-11-10-31-21)15-33-25(29)17-6-8-20-18(12-17)13-22(34-26(20)30)16-4-2-1-3-5-16/h1-9,12,14,22H,10-11,13,15H2,(H,27,28)/t22-/m0/s1. The fourth-order valence-corrected chi connectivity index (χ4v) is 3.91. The Bertz CT molecular complexity index is 1260. The van der Waals surface area contributed by atoms with Gasteiger partial charge in [0.05, 0.1) is 11.1 Å². The van der Waals surface area contributed by atoms with Crippen molar-refractivity contribution in [3.63, 3.8) is 0 Å². The molecular formula is C26H21NO7. The number of hydrogen-bond acceptors (Lipinski definition) is 7. The van der Waals surface area contributed by atoms with E-state index in [0.29, 0.717) is 47.9 Å². The van der Waals surface area contributed by atoms with Crippen molar-refractivity contribution in [2.24, 2.45) is 0 Å². The third-order valence-corrected chi connectivity index (χ3v) is 5.55. The van der Waals surface area contributed by atoms with E-state index >= 15 is 0 Å². The van der Waals surface area contributed by atoms with Gasteiger partial charge in [0.15, 0.2) is 18.1 Å². The van der Waals surface area contributed by atoms with Gasteiger partial charge in [-0.1, -0.05) is 30.3 Å². The Morgan fingerprint density at radius 3 is 2.56 bits per heavy atom. The summed E-state index contributed by atoms with van der Waals surface area (Å²) in [5.74, 6) is -0.427. The van der Waals surface area contributed by atoms with Crippen LogP contribution in [-0.2, 0) is 20.7 Å². The predicted molar refractivity (Wildman–Crippen MR) is 121 cm³/mol. The van der Waals surface area contributed by atoms with E-state index in [1.165, 1.54) is 6.07 Å². The molecule has 0 radical (unpaired) electrons. The van der Waals surface area contributed by atoms with Gasteiger partial charge in [-0.25, -0.2) is 9.59 Å². The van der Waals surface area contributed by atoms with E-state index in [-0.39, 0.29) is 5.56 Å². The zero-order valence-electron chi connectivity index (χ0n) is 18.1. The maximum absolute atomic E-state index is 12.6. The number of rotatable bonds is 5. The van der Waals surface area contributed by atoms with E-state index in [1.807, 2.05) is 30.3 Å². The minimum atomic E-state index is -0.657. The molecule has 1 amide bonds. The van der Waals surface area contributed by atoms with Crippen LogP contribution in [0.25, 0.3) is 0 Å². The van der Waals surface area contributed by atoms with E-state index in [9.17, 15) is 14.4 Å². The first-order valence-corrected chi connectivity index (χ1v) is 10.8. The second kappa shape index (κ2) is 9.27. The Balaban J connectivity index is 1.22. The van der Waals surface area contributed by atoms with Crippen LogP contribution < -0.4 is 14.8 Å². The molecule has 2 heterocycles. The normalized spacial score (nSPS) is 16.1. The highest BCUT2D eigenvalue weighted by Gasteiger charge is 2.28. The molecule has 172 valence electrons. The summed E-state index contributed by atoms with van der Waals surface area (Å²) in [7, 11) is 0. The maximum atomic E-state index is 12.6. The van der Waals surface area contributed by atoms with E-state index in [4.69, 9.17) is 18.9 Å². The van der Waals surface area contributed by atoms with Gasteiger partial charge in [0, 0.05) is 18.2 Å². The zero-order valence-corrected chi connectivity index (χ0v) is 18.1. The van der Waals surface area contributed by atoms with Crippen molar-refractivity contribution >= 4 is 23.5 Å². The summed E-state index contributed by atoms with van der Waals surface area (Å²) in [6.45, 7) is 0.455. The quantitative estimate of drug-likeness (QED) is 0.581. The predicted octanol–water partition coefficient (Wildman–Crippen LogP) is 3.71. The molecule has 0 aliphatic carbocycles. The highest BCUT2D eigenvalue weighted by molar-refractivity contribution is 5.97. The second-order valence-electron chi connectivity index (χ2n) is 7.86. The smallest absolute Gasteiger partial charge is 0.339 e. The average Bonchev–Trinajstić information content (AvgIpc) is 2.87. The monoisotopic (exact) mass is 459 g/mol. The third kappa shape index (κ3) is 4.56. The summed E-state index contributed by atoms with van der Waals surface area (Å²) >= 11 is 0. The van der Waals surface area contributed by atoms with E-state index in [1.54, 1.807) is 30.3 Å². The van der Waals surface area contributed by atoms with Crippen molar-refractivity contribution in [1.29, 1.82) is 0 Å². The number of benzene rings is 3. The topological polar surface area (TPSA) is 100 Å². The molecule has 0 spiro atoms. The Hall–Kier alpha value is -4.33. The first-order valence-electron chi connectivity index (χ1n) is 10.8. The lowest BCUT2D eigenvalue weighted by molar-refractivity contribution is -0.119. The zero-order chi connectivity index (χ0) is 23.5. The summed E-state index contributed by atoms with van der Waals surface area (Å²) in [5.41, 5.74) is 2.75. The number of nitrogens with one attached hydrogen (secondary N) is 1. The van der Waals surface area contributed by atoms with Crippen molar-refractivity contribution in [3.05, 3.63) is 89.0 Å². The number of hydrogen-bond donors (Lipinski definition) is 1. The fraction of sp³-hybridized carbons (Fsp3) is 0.192. The van der Waals surface area contributed by atoms with Gasteiger partial charge in [-0.15, -0.1) is 0 Å². The Morgan fingerprint density at radius 1 is 0.941 bits per heavy atom. The van der Waals surface area contributed by atoms with Gasteiger partial charge in [-0.3, -0.25) is 4.79 Å². The van der Waals surface area contributed by atoms with Gasteiger partial charge in [0.1, 0.15) is 19.3 Å². The highest BCUT2D eigenvalue weighted by Crippen LogP contribution is 2.33. The van der Waals surface area contributed by atoms with E-state index < -0.39 is 30.6 Å². The minimum absolute atomic E-state index is 0.257. The van der Waals surface area contributed by atoms with Gasteiger partial charge in [0.2, 0.25) is 0 Å². The average molecular weight is 459 g/mol. The number of carbonyl (C=O) groups excluding carboxylic acids is 3. The van der Waals surface area contributed by atoms with Crippen LogP contribution in [0.15, 0.2) is 66.7 Å². The Morgan fingerprint density at radius 2 is 1.74 bits per heavy atom. The fourth-order valence-electron chi connectivity index (χ4n) is 3.91. The maximum Gasteiger partial charge on any atom is 0.339 e. The molecule has 3 aromatic rings. The summed E-state index contributed by atoms with van der Waals surface area (Å²) in [6.07, 6.45) is 0.0147. The van der Waals surface area contributed by atoms with E-state index in [0.717, 1.165) is 5.56 Å². The second-order valence-corrected chi connectivity index (χ2v) is 7.86. The number of amides is 1. The third-order valence-electron chi connectivity index (χ3n) is 5.55. The lowest BCUT2D eigenvalue weighted by atomic mass is 9.93. The van der Waals surface area contributed by atoms with Gasteiger partial charge in [0.25, 0.3) is 5.91 Å². The number of anilines is 1. The van der Waals surface area contributed by atoms with Crippen LogP contribution in [0, 0.1) is 0 Å². The SMILES string of the molecule is O=C(COC(=O)c1ccc2c(c1)C[C@@H](c1ccccc1)OC2=O)Nc1ccc2c(c1)OCCO2. The van der Waals surface area contributed by atoms with Crippen molar-refractivity contribution in [2.75, 3.05) is 25.1 Å². The van der Waals surface area contributed by atoms with Crippen LogP contribution in [-0.4, -0.2) is 37.7 Å². The molecule has 5 rings (SSSR count). The van der Waals surface area contributed by atoms with Crippen molar-refractivity contribution < 1.29 is 33.3 Å². The Labute approximate surface area is 195 Å². The molecule has 0 bridgehead atoms. The van der Waals surface area contributed by atoms with Crippen LogP contribution in [0.3, 0.4) is 0 Å².